The fourth-order valence-electron chi connectivity index (χ4n) is 3.04. The molecule has 0 atom stereocenters. The average molecular weight is 418 g/mol. The number of carbonyl (C=O) groups is 1. The Morgan fingerprint density at radius 2 is 1.27 bits per heavy atom. The number of hydrogen-bond acceptors (Lipinski definition) is 2. The largest absolute Gasteiger partial charge is 0.445 e. The zero-order chi connectivity index (χ0) is 22.6. The summed E-state index contributed by atoms with van der Waals surface area (Å²) in [6.07, 6.45) is 20.0. The highest BCUT2D eigenvalue weighted by Crippen LogP contribution is 2.13. The number of ether oxygens (including phenoxy) is 1. The van der Waals surface area contributed by atoms with Crippen LogP contribution in [-0.2, 0) is 4.74 Å². The van der Waals surface area contributed by atoms with E-state index in [2.05, 4.69) is 65.1 Å². The molecule has 0 bridgehead atoms. The molecule has 0 radical (unpaired) electrons. The normalized spacial score (nSPS) is 12.7. The Morgan fingerprint density at radius 3 is 1.80 bits per heavy atom. The van der Waals surface area contributed by atoms with Gasteiger partial charge in [0.25, 0.3) is 0 Å². The van der Waals surface area contributed by atoms with Crippen molar-refractivity contribution < 1.29 is 9.53 Å². The predicted molar refractivity (Wildman–Crippen MR) is 132 cm³/mol. The molecular formula is C27H47NO2. The molecule has 0 heterocycles. The number of unbranched alkanes of at least 4 members (excludes halogenated alkanes) is 3. The molecule has 0 saturated heterocycles. The number of nitrogens with one attached hydrogen (secondary N) is 1. The van der Waals surface area contributed by atoms with E-state index >= 15 is 0 Å². The molecule has 0 rings (SSSR count). The highest BCUT2D eigenvalue weighted by molar-refractivity contribution is 5.67. The Kier molecular flexibility index (Phi) is 18.1. The molecule has 3 heteroatoms. The molecule has 0 unspecified atom stereocenters. The van der Waals surface area contributed by atoms with E-state index in [-0.39, 0.29) is 6.09 Å². The van der Waals surface area contributed by atoms with E-state index in [4.69, 9.17) is 4.74 Å². The summed E-state index contributed by atoms with van der Waals surface area (Å²) < 4.78 is 5.21. The fraction of sp³-hybridized carbons (Fsp3) is 0.667. The van der Waals surface area contributed by atoms with Gasteiger partial charge in [0.2, 0.25) is 0 Å². The van der Waals surface area contributed by atoms with Crippen molar-refractivity contribution in [3.8, 4) is 0 Å². The van der Waals surface area contributed by atoms with Crippen molar-refractivity contribution in [1.82, 2.24) is 5.32 Å². The molecule has 1 N–H and O–H groups in total. The van der Waals surface area contributed by atoms with Crippen LogP contribution in [0, 0.1) is 0 Å². The van der Waals surface area contributed by atoms with E-state index in [9.17, 15) is 4.79 Å². The molecule has 0 aromatic rings. The summed E-state index contributed by atoms with van der Waals surface area (Å²) in [5.74, 6) is 0. The molecule has 3 nitrogen and oxygen atoms in total. The molecule has 0 spiro atoms. The molecule has 0 saturated carbocycles. The van der Waals surface area contributed by atoms with E-state index in [1.807, 2.05) is 6.08 Å². The lowest BCUT2D eigenvalue weighted by Gasteiger charge is -2.06. The quantitative estimate of drug-likeness (QED) is 0.202. The van der Waals surface area contributed by atoms with E-state index < -0.39 is 0 Å². The predicted octanol–water partition coefficient (Wildman–Crippen LogP) is 8.44. The maximum absolute atomic E-state index is 11.6. The molecule has 1 amide bonds. The zero-order valence-electron chi connectivity index (χ0n) is 20.6. The summed E-state index contributed by atoms with van der Waals surface area (Å²) >= 11 is 0. The summed E-state index contributed by atoms with van der Waals surface area (Å²) in [7, 11) is 0. The molecule has 0 aromatic carbocycles. The standard InChI is InChI=1S/C27H47NO2/c1-7-8-9-10-21-28-27(29)30-22-20-26(6)19-13-18-25(5)17-12-16-24(4)15-11-14-23(2)3/h14,16,18,20H,7-13,15,17,19,21-22H2,1-6H3,(H,28,29). The van der Waals surface area contributed by atoms with Crippen LogP contribution in [0.5, 0.6) is 0 Å². The van der Waals surface area contributed by atoms with E-state index in [1.54, 1.807) is 0 Å². The molecule has 172 valence electrons. The first kappa shape index (κ1) is 28.2. The van der Waals surface area contributed by atoms with Crippen molar-refractivity contribution in [2.75, 3.05) is 13.2 Å². The van der Waals surface area contributed by atoms with Crippen molar-refractivity contribution in [1.29, 1.82) is 0 Å². The zero-order valence-corrected chi connectivity index (χ0v) is 20.6. The Bertz CT molecular complexity index is 578. The van der Waals surface area contributed by atoms with Crippen LogP contribution in [-0.4, -0.2) is 19.2 Å². The summed E-state index contributed by atoms with van der Waals surface area (Å²) in [5.41, 5.74) is 5.61. The van der Waals surface area contributed by atoms with Gasteiger partial charge in [-0.05, 0) is 85.6 Å². The van der Waals surface area contributed by atoms with Gasteiger partial charge in [-0.2, -0.15) is 0 Å². The topological polar surface area (TPSA) is 38.3 Å². The summed E-state index contributed by atoms with van der Waals surface area (Å²) in [6, 6.07) is 0. The first-order chi connectivity index (χ1) is 14.3. The van der Waals surface area contributed by atoms with E-state index in [0.717, 1.165) is 51.4 Å². The van der Waals surface area contributed by atoms with Gasteiger partial charge in [0.1, 0.15) is 6.61 Å². The third-order valence-electron chi connectivity index (χ3n) is 5.10. The number of alkyl carbamates (subject to hydrolysis) is 1. The van der Waals surface area contributed by atoms with Gasteiger partial charge in [-0.1, -0.05) is 66.7 Å². The highest BCUT2D eigenvalue weighted by atomic mass is 16.5. The maximum atomic E-state index is 11.6. The van der Waals surface area contributed by atoms with Gasteiger partial charge in [-0.15, -0.1) is 0 Å². The van der Waals surface area contributed by atoms with Gasteiger partial charge < -0.3 is 10.1 Å². The Balaban J connectivity index is 3.92. The third-order valence-corrected chi connectivity index (χ3v) is 5.10. The molecule has 0 fully saturated rings. The first-order valence-electron chi connectivity index (χ1n) is 11.9. The van der Waals surface area contributed by atoms with Gasteiger partial charge in [-0.3, -0.25) is 0 Å². The van der Waals surface area contributed by atoms with Gasteiger partial charge in [0.15, 0.2) is 0 Å². The third kappa shape index (κ3) is 19.5. The minimum Gasteiger partial charge on any atom is -0.445 e. The summed E-state index contributed by atoms with van der Waals surface area (Å²) in [5, 5.41) is 2.81. The van der Waals surface area contributed by atoms with E-state index in [0.29, 0.717) is 13.2 Å². The number of amides is 1. The second kappa shape index (κ2) is 19.2. The van der Waals surface area contributed by atoms with Crippen molar-refractivity contribution in [2.24, 2.45) is 0 Å². The van der Waals surface area contributed by atoms with Gasteiger partial charge >= 0.3 is 6.09 Å². The summed E-state index contributed by atoms with van der Waals surface area (Å²) in [4.78, 5) is 11.6. The van der Waals surface area contributed by atoms with Crippen LogP contribution in [0.25, 0.3) is 0 Å². The van der Waals surface area contributed by atoms with Crippen molar-refractivity contribution in [3.63, 3.8) is 0 Å². The van der Waals surface area contributed by atoms with Crippen LogP contribution in [0.2, 0.25) is 0 Å². The molecular weight excluding hydrogens is 370 g/mol. The average Bonchev–Trinajstić information content (AvgIpc) is 2.67. The monoisotopic (exact) mass is 417 g/mol. The Hall–Kier alpha value is -1.77. The number of hydrogen-bond donors (Lipinski definition) is 1. The summed E-state index contributed by atoms with van der Waals surface area (Å²) in [6.45, 7) is 14.1. The van der Waals surface area contributed by atoms with Crippen LogP contribution in [0.4, 0.5) is 4.79 Å². The SMILES string of the molecule is CCCCCCNC(=O)OCC=C(C)CCC=C(C)CCC=C(C)CCC=C(C)C. The second-order valence-electron chi connectivity index (χ2n) is 8.63. The van der Waals surface area contributed by atoms with E-state index in [1.165, 1.54) is 35.1 Å². The van der Waals surface area contributed by atoms with Gasteiger partial charge in [-0.25, -0.2) is 4.79 Å². The Morgan fingerprint density at radius 1 is 0.733 bits per heavy atom. The van der Waals surface area contributed by atoms with Crippen LogP contribution >= 0.6 is 0 Å². The molecule has 0 aliphatic carbocycles. The maximum Gasteiger partial charge on any atom is 0.407 e. The minimum absolute atomic E-state index is 0.310. The Labute approximate surface area is 186 Å². The van der Waals surface area contributed by atoms with Crippen molar-refractivity contribution in [3.05, 3.63) is 46.6 Å². The fourth-order valence-corrected chi connectivity index (χ4v) is 3.04. The number of rotatable bonds is 16. The van der Waals surface area contributed by atoms with Crippen LogP contribution in [0.15, 0.2) is 46.6 Å². The van der Waals surface area contributed by atoms with Crippen molar-refractivity contribution >= 4 is 6.09 Å². The molecule has 0 aliphatic rings. The molecule has 30 heavy (non-hydrogen) atoms. The van der Waals surface area contributed by atoms with Crippen LogP contribution in [0.3, 0.4) is 0 Å². The van der Waals surface area contributed by atoms with Gasteiger partial charge in [0.05, 0.1) is 0 Å². The van der Waals surface area contributed by atoms with Crippen LogP contribution in [0.1, 0.15) is 106 Å². The van der Waals surface area contributed by atoms with Crippen molar-refractivity contribution in [2.45, 2.75) is 106 Å². The van der Waals surface area contributed by atoms with Crippen LogP contribution < -0.4 is 5.32 Å². The molecule has 0 aliphatic heterocycles. The minimum atomic E-state index is -0.310. The highest BCUT2D eigenvalue weighted by Gasteiger charge is 1.99. The lowest BCUT2D eigenvalue weighted by atomic mass is 10.0. The smallest absolute Gasteiger partial charge is 0.407 e. The number of carbonyl (C=O) groups excluding carboxylic acids is 1. The first-order valence-corrected chi connectivity index (χ1v) is 11.9. The molecule has 0 aromatic heterocycles. The lowest BCUT2D eigenvalue weighted by Crippen LogP contribution is -2.25. The second-order valence-corrected chi connectivity index (χ2v) is 8.63. The lowest BCUT2D eigenvalue weighted by molar-refractivity contribution is 0.158. The number of allylic oxidation sites excluding steroid dienone is 7. The van der Waals surface area contributed by atoms with Gasteiger partial charge in [0, 0.05) is 6.54 Å².